The molecule has 4 aromatic carbocycles. The van der Waals surface area contributed by atoms with Gasteiger partial charge >= 0.3 is 30.0 Å². The predicted molar refractivity (Wildman–Crippen MR) is 356 cm³/mol. The summed E-state index contributed by atoms with van der Waals surface area (Å²) in [7, 11) is 0.768. The number of carbonyl (C=O) groups is 7. The first kappa shape index (κ1) is 71.1. The van der Waals surface area contributed by atoms with E-state index in [1.54, 1.807) is 113 Å². The molecule has 2 saturated heterocycles. The Bertz CT molecular complexity index is 3540. The SMILES string of the molecule is CC(=O)O[C@@]12COC1C[C@H](OC(=O)OC/C=C/c1cccc(COC(=O)CCCCC3CCSS3)c1[N+](=O)[O-])[C@@]1(C)C(=O)[C@H](C)C3=C(C)C(OC(=O)[C@H](O[Si](C)(C)C(C)(C)C)C(NC(=O)c4ccccc4)c4ccccc4)C[C@@](O)([C@@H](OC(=O)c4ccccc4)[C@@H]12)C3(C)C. The van der Waals surface area contributed by atoms with Crippen molar-refractivity contribution in [2.45, 2.75) is 185 Å². The van der Waals surface area contributed by atoms with E-state index in [1.165, 1.54) is 50.3 Å². The lowest BCUT2D eigenvalue weighted by Gasteiger charge is -2.67. The summed E-state index contributed by atoms with van der Waals surface area (Å²) in [5.41, 5.74) is -6.13. The number of fused-ring (bicyclic) bond motifs is 5. The highest BCUT2D eigenvalue weighted by atomic mass is 33.1. The molecule has 0 radical (unpaired) electrons. The summed E-state index contributed by atoms with van der Waals surface area (Å²) in [4.78, 5) is 114. The number of esters is 4. The van der Waals surface area contributed by atoms with Crippen LogP contribution < -0.4 is 5.32 Å². The molecule has 12 atom stereocenters. The second-order valence-electron chi connectivity index (χ2n) is 27.3. The number of ether oxygens (including phenoxy) is 7. The average Bonchev–Trinajstić information content (AvgIpc) is 0.687. The van der Waals surface area contributed by atoms with Crippen LogP contribution in [0, 0.1) is 32.8 Å². The van der Waals surface area contributed by atoms with Gasteiger partial charge in [-0.15, -0.1) is 0 Å². The summed E-state index contributed by atoms with van der Waals surface area (Å²) in [6.07, 6.45) is -2.75. The molecule has 23 heteroatoms. The van der Waals surface area contributed by atoms with Crippen molar-refractivity contribution in [3.8, 4) is 0 Å². The Labute approximate surface area is 558 Å². The fourth-order valence-electron chi connectivity index (χ4n) is 14.1. The zero-order valence-electron chi connectivity index (χ0n) is 55.2. The maximum Gasteiger partial charge on any atom is 0.508 e. The Morgan fingerprint density at radius 3 is 2.15 bits per heavy atom. The molecule has 0 aromatic heterocycles. The average molecular weight is 1350 g/mol. The van der Waals surface area contributed by atoms with E-state index < -0.39 is 143 Å². The fourth-order valence-corrected chi connectivity index (χ4v) is 18.4. The molecule has 3 aliphatic carbocycles. The molecule has 1 amide bonds. The monoisotopic (exact) mass is 1350 g/mol. The molecule has 4 fully saturated rings. The largest absolute Gasteiger partial charge is 0.508 e. The van der Waals surface area contributed by atoms with Gasteiger partial charge in [-0.2, -0.15) is 0 Å². The van der Waals surface area contributed by atoms with Gasteiger partial charge in [0.2, 0.25) is 0 Å². The van der Waals surface area contributed by atoms with Gasteiger partial charge in [0.1, 0.15) is 49.0 Å². The Hall–Kier alpha value is -7.15. The summed E-state index contributed by atoms with van der Waals surface area (Å²) in [6, 6.07) is 28.8. The minimum atomic E-state index is -2.97. The minimum Gasteiger partial charge on any atom is -0.461 e. The third-order valence-corrected chi connectivity index (χ3v) is 27.6. The summed E-state index contributed by atoms with van der Waals surface area (Å²) < 4.78 is 50.4. The van der Waals surface area contributed by atoms with E-state index in [1.807, 2.05) is 55.5 Å². The second-order valence-corrected chi connectivity index (χ2v) is 34.9. The summed E-state index contributed by atoms with van der Waals surface area (Å²) >= 11 is 0. The van der Waals surface area contributed by atoms with Gasteiger partial charge in [0.15, 0.2) is 20.0 Å². The van der Waals surface area contributed by atoms with Crippen LogP contribution in [0.4, 0.5) is 10.5 Å². The van der Waals surface area contributed by atoms with Gasteiger partial charge in [-0.25, -0.2) is 14.4 Å². The first-order valence-corrected chi connectivity index (χ1v) is 37.3. The maximum absolute atomic E-state index is 16.4. The highest BCUT2D eigenvalue weighted by Crippen LogP contribution is 2.65. The highest BCUT2D eigenvalue weighted by molar-refractivity contribution is 8.77. The van der Waals surface area contributed by atoms with Gasteiger partial charge in [-0.1, -0.05) is 142 Å². The zero-order chi connectivity index (χ0) is 68.1. The van der Waals surface area contributed by atoms with Crippen LogP contribution in [0.2, 0.25) is 18.1 Å². The standard InChI is InChI=1S/C71H86N2O18S2Si/c1-43-52(87-65(79)59(91-94(10,11)67(4,5)6)57(46-25-15-12-16-26-46)72-63(77)48-27-17-13-18-28-48)40-71(81)62(89-64(78)49-29-19-14-20-30-49)60-69(9,61(76)44(2)56(43)68(71,7)8)53(39-54-70(60,42-86-54)90-45(3)74)88-66(80)84-37-24-33-47-31-23-32-50(58(47)73(82)83)41-85-55(75)35-22-21-34-51-36-38-92-93-51/h12-20,23-33,44,51-54,57,59-60,62,81H,21-22,34-42H2,1-11H3,(H,72,77)/b33-24+/t44-,51?,52?,53+,54?,57?,59-,60+,62+,69-,70+,71-/m1/s1. The van der Waals surface area contributed by atoms with Crippen LogP contribution in [0.5, 0.6) is 0 Å². The van der Waals surface area contributed by atoms with Gasteiger partial charge in [0.05, 0.1) is 45.6 Å². The Kier molecular flexibility index (Phi) is 22.0. The van der Waals surface area contributed by atoms with Crippen molar-refractivity contribution in [1.82, 2.24) is 5.32 Å². The number of carbonyl (C=O) groups excluding carboxylic acids is 7. The van der Waals surface area contributed by atoms with Crippen molar-refractivity contribution in [2.24, 2.45) is 22.7 Å². The molecule has 2 heterocycles. The number of amides is 1. The Morgan fingerprint density at radius 1 is 0.883 bits per heavy atom. The van der Waals surface area contributed by atoms with Crippen molar-refractivity contribution >= 4 is 83.4 Å². The molecule has 9 rings (SSSR count). The van der Waals surface area contributed by atoms with Crippen LogP contribution in [0.3, 0.4) is 0 Å². The van der Waals surface area contributed by atoms with E-state index in [4.69, 9.17) is 37.6 Å². The fraction of sp³-hybridized carbons (Fsp3) is 0.507. The number of unbranched alkanes of at least 4 members (excludes halogenated alkanes) is 1. The normalized spacial score (nSPS) is 27.0. The molecule has 4 aromatic rings. The third-order valence-electron chi connectivity index (χ3n) is 20.1. The number of ketones is 1. The molecule has 94 heavy (non-hydrogen) atoms. The molecule has 20 nitrogen and oxygen atoms in total. The number of nitrogens with one attached hydrogen (secondary N) is 1. The van der Waals surface area contributed by atoms with Gasteiger partial charge in [-0.3, -0.25) is 29.3 Å². The number of para-hydroxylation sites is 1. The molecule has 4 unspecified atom stereocenters. The lowest BCUT2D eigenvalue weighted by Crippen LogP contribution is -2.81. The molecule has 2 aliphatic heterocycles. The van der Waals surface area contributed by atoms with Crippen LogP contribution >= 0.6 is 21.6 Å². The van der Waals surface area contributed by atoms with Crippen molar-refractivity contribution < 1.29 is 81.2 Å². The lowest BCUT2D eigenvalue weighted by atomic mass is 9.43. The van der Waals surface area contributed by atoms with Crippen LogP contribution in [-0.4, -0.2) is 126 Å². The van der Waals surface area contributed by atoms with Crippen molar-refractivity contribution in [3.63, 3.8) is 0 Å². The third kappa shape index (κ3) is 14.6. The summed E-state index contributed by atoms with van der Waals surface area (Å²) in [6.45, 7) is 18.3. The van der Waals surface area contributed by atoms with Crippen molar-refractivity contribution in [1.29, 1.82) is 0 Å². The molecule has 5 aliphatic rings. The van der Waals surface area contributed by atoms with E-state index in [0.717, 1.165) is 25.0 Å². The van der Waals surface area contributed by atoms with E-state index in [0.29, 0.717) is 33.9 Å². The second kappa shape index (κ2) is 29.1. The van der Waals surface area contributed by atoms with Crippen LogP contribution in [0.15, 0.2) is 126 Å². The van der Waals surface area contributed by atoms with Crippen molar-refractivity contribution in [3.05, 3.63) is 164 Å². The van der Waals surface area contributed by atoms with Crippen LogP contribution in [0.25, 0.3) is 6.08 Å². The first-order valence-electron chi connectivity index (χ1n) is 32.0. The van der Waals surface area contributed by atoms with E-state index in [2.05, 4.69) is 5.32 Å². The summed E-state index contributed by atoms with van der Waals surface area (Å²) in [5, 5.41) is 30.1. The summed E-state index contributed by atoms with van der Waals surface area (Å²) in [5.74, 6) is -5.80. The quantitative estimate of drug-likeness (QED) is 0.0102. The number of nitro groups is 1. The maximum atomic E-state index is 16.4. The van der Waals surface area contributed by atoms with E-state index in [9.17, 15) is 39.2 Å². The molecule has 2 saturated carbocycles. The van der Waals surface area contributed by atoms with Crippen LogP contribution in [-0.2, 0) is 63.4 Å². The number of nitro benzene ring substituents is 1. The Balaban J connectivity index is 1.06. The van der Waals surface area contributed by atoms with E-state index >= 15 is 9.59 Å². The number of nitrogens with zero attached hydrogens (tertiary/aromatic N) is 1. The number of hydrogen-bond donors (Lipinski definition) is 2. The van der Waals surface area contributed by atoms with E-state index in [-0.39, 0.29) is 48.4 Å². The number of rotatable bonds is 23. The molecule has 504 valence electrons. The van der Waals surface area contributed by atoms with Gasteiger partial charge < -0.3 is 48.0 Å². The molecule has 0 spiro atoms. The number of Topliss-reactive ketones (excluding diaryl/α,β-unsaturated/α-hetero) is 1. The highest BCUT2D eigenvalue weighted by Gasteiger charge is 2.78. The lowest BCUT2D eigenvalue weighted by molar-refractivity contribution is -0.386. The molecular formula is C71H86N2O18S2Si. The van der Waals surface area contributed by atoms with Crippen molar-refractivity contribution in [2.75, 3.05) is 19.0 Å². The molecule has 2 bridgehead atoms. The predicted octanol–water partition coefficient (Wildman–Crippen LogP) is 13.0. The van der Waals surface area contributed by atoms with Gasteiger partial charge in [-0.05, 0) is 117 Å². The topological polar surface area (TPSA) is 269 Å². The molecule has 2 N–H and O–H groups in total. The smallest absolute Gasteiger partial charge is 0.461 e. The molecular weight excluding hydrogens is 1260 g/mol. The number of aliphatic hydroxyl groups is 1. The Morgan fingerprint density at radius 2 is 1.54 bits per heavy atom. The van der Waals surface area contributed by atoms with Gasteiger partial charge in [0.25, 0.3) is 11.6 Å². The first-order chi connectivity index (χ1) is 44.4. The zero-order valence-corrected chi connectivity index (χ0v) is 57.8. The number of hydrogen-bond acceptors (Lipinski definition) is 20. The number of benzene rings is 4. The van der Waals surface area contributed by atoms with Gasteiger partial charge in [0, 0.05) is 54.1 Å². The van der Waals surface area contributed by atoms with Crippen LogP contribution in [0.1, 0.15) is 151 Å². The minimum absolute atomic E-state index is 0.0611.